The van der Waals surface area contributed by atoms with Gasteiger partial charge in [0.25, 0.3) is 0 Å². The number of allylic oxidation sites excluding steroid dienone is 1. The van der Waals surface area contributed by atoms with Crippen molar-refractivity contribution in [3.63, 3.8) is 0 Å². The predicted molar refractivity (Wildman–Crippen MR) is 87.0 cm³/mol. The molecule has 0 atom stereocenters. The molecule has 0 radical (unpaired) electrons. The zero-order chi connectivity index (χ0) is 15.1. The minimum atomic E-state index is -0.616. The van der Waals surface area contributed by atoms with Crippen LogP contribution in [0.15, 0.2) is 36.4 Å². The van der Waals surface area contributed by atoms with Crippen molar-refractivity contribution in [2.75, 3.05) is 0 Å². The highest BCUT2D eigenvalue weighted by atomic mass is 16.4. The first kappa shape index (κ1) is 15.8. The molecule has 2 rings (SSSR count). The van der Waals surface area contributed by atoms with Crippen LogP contribution in [0, 0.1) is 11.3 Å². The van der Waals surface area contributed by atoms with Crippen molar-refractivity contribution in [1.82, 2.24) is 0 Å². The highest BCUT2D eigenvalue weighted by Crippen LogP contribution is 2.43. The molecule has 0 saturated heterocycles. The van der Waals surface area contributed by atoms with Crippen molar-refractivity contribution in [3.8, 4) is 0 Å². The molecule has 1 saturated carbocycles. The van der Waals surface area contributed by atoms with Crippen LogP contribution in [0.4, 0.5) is 0 Å². The van der Waals surface area contributed by atoms with Crippen LogP contribution >= 0.6 is 0 Å². The van der Waals surface area contributed by atoms with Gasteiger partial charge in [0.05, 0.1) is 5.41 Å². The van der Waals surface area contributed by atoms with Crippen molar-refractivity contribution in [1.29, 1.82) is 0 Å². The summed E-state index contributed by atoms with van der Waals surface area (Å²) in [5.41, 5.74) is 0.605. The first-order valence-corrected chi connectivity index (χ1v) is 8.11. The second-order valence-corrected chi connectivity index (χ2v) is 6.33. The van der Waals surface area contributed by atoms with Crippen LogP contribution in [-0.4, -0.2) is 11.1 Å². The molecule has 1 fully saturated rings. The number of carbonyl (C=O) groups is 1. The molecular formula is C19H26O2. The minimum Gasteiger partial charge on any atom is -0.481 e. The monoisotopic (exact) mass is 286 g/mol. The molecular weight excluding hydrogens is 260 g/mol. The van der Waals surface area contributed by atoms with E-state index in [-0.39, 0.29) is 0 Å². The van der Waals surface area contributed by atoms with Crippen molar-refractivity contribution in [2.24, 2.45) is 11.3 Å². The van der Waals surface area contributed by atoms with Crippen LogP contribution in [0.3, 0.4) is 0 Å². The first-order chi connectivity index (χ1) is 10.2. The van der Waals surface area contributed by atoms with Crippen LogP contribution < -0.4 is 0 Å². The Morgan fingerprint density at radius 1 is 1.29 bits per heavy atom. The highest BCUT2D eigenvalue weighted by Gasteiger charge is 2.40. The molecule has 1 N–H and O–H groups in total. The largest absolute Gasteiger partial charge is 0.481 e. The summed E-state index contributed by atoms with van der Waals surface area (Å²) in [6.07, 6.45) is 11.0. The fourth-order valence-corrected chi connectivity index (χ4v) is 3.42. The van der Waals surface area contributed by atoms with Gasteiger partial charge in [0, 0.05) is 0 Å². The number of hydrogen-bond acceptors (Lipinski definition) is 1. The summed E-state index contributed by atoms with van der Waals surface area (Å²) in [5.74, 6) is 0.121. The van der Waals surface area contributed by atoms with E-state index >= 15 is 0 Å². The lowest BCUT2D eigenvalue weighted by molar-refractivity contribution is -0.151. The molecule has 0 aliphatic heterocycles. The normalized spacial score (nSPS) is 26.0. The molecule has 0 amide bonds. The van der Waals surface area contributed by atoms with Gasteiger partial charge in [-0.25, -0.2) is 0 Å². The molecule has 21 heavy (non-hydrogen) atoms. The first-order valence-electron chi connectivity index (χ1n) is 8.11. The molecule has 0 spiro atoms. The summed E-state index contributed by atoms with van der Waals surface area (Å²) in [5, 5.41) is 9.67. The molecule has 1 aliphatic carbocycles. The summed E-state index contributed by atoms with van der Waals surface area (Å²) in [6, 6.07) is 10.1. The molecule has 1 aromatic carbocycles. The van der Waals surface area contributed by atoms with E-state index in [0.717, 1.165) is 37.2 Å². The van der Waals surface area contributed by atoms with Crippen LogP contribution in [0.2, 0.25) is 0 Å². The SMILES string of the molecule is CCCC1CCC(CC=Cc2ccccc2)(C(=O)O)CC1. The van der Waals surface area contributed by atoms with Crippen molar-refractivity contribution in [2.45, 2.75) is 51.9 Å². The molecule has 0 bridgehead atoms. The Kier molecular flexibility index (Phi) is 5.60. The van der Waals surface area contributed by atoms with E-state index in [0.29, 0.717) is 6.42 Å². The van der Waals surface area contributed by atoms with Gasteiger partial charge in [-0.15, -0.1) is 0 Å². The topological polar surface area (TPSA) is 37.3 Å². The van der Waals surface area contributed by atoms with Crippen LogP contribution in [0.5, 0.6) is 0 Å². The van der Waals surface area contributed by atoms with E-state index in [4.69, 9.17) is 0 Å². The maximum Gasteiger partial charge on any atom is 0.309 e. The average Bonchev–Trinajstić information content (AvgIpc) is 2.50. The Hall–Kier alpha value is -1.57. The standard InChI is InChI=1S/C19H26O2/c1-2-7-16-11-14-19(15-12-16,18(20)21)13-6-10-17-8-4-3-5-9-17/h3-6,8-10,16H,2,7,11-15H2,1H3,(H,20,21). The molecule has 1 aliphatic rings. The zero-order valence-corrected chi connectivity index (χ0v) is 12.9. The fourth-order valence-electron chi connectivity index (χ4n) is 3.42. The Morgan fingerprint density at radius 2 is 1.95 bits per heavy atom. The van der Waals surface area contributed by atoms with Gasteiger partial charge in [0.2, 0.25) is 0 Å². The van der Waals surface area contributed by atoms with Crippen LogP contribution in [0.1, 0.15) is 57.4 Å². The Labute approximate surface area is 127 Å². The van der Waals surface area contributed by atoms with Gasteiger partial charge in [-0.3, -0.25) is 4.79 Å². The van der Waals surface area contributed by atoms with Gasteiger partial charge >= 0.3 is 5.97 Å². The van der Waals surface area contributed by atoms with Gasteiger partial charge < -0.3 is 5.11 Å². The van der Waals surface area contributed by atoms with E-state index < -0.39 is 11.4 Å². The third kappa shape index (κ3) is 4.20. The van der Waals surface area contributed by atoms with E-state index in [9.17, 15) is 9.90 Å². The quantitative estimate of drug-likeness (QED) is 0.785. The lowest BCUT2D eigenvalue weighted by Gasteiger charge is -2.36. The number of carboxylic acid groups (broad SMARTS) is 1. The number of carboxylic acids is 1. The van der Waals surface area contributed by atoms with Gasteiger partial charge in [-0.05, 0) is 43.6 Å². The number of rotatable bonds is 6. The zero-order valence-electron chi connectivity index (χ0n) is 12.9. The molecule has 0 unspecified atom stereocenters. The molecule has 114 valence electrons. The Balaban J connectivity index is 1.97. The van der Waals surface area contributed by atoms with E-state index in [2.05, 4.69) is 6.92 Å². The lowest BCUT2D eigenvalue weighted by Crippen LogP contribution is -2.35. The summed E-state index contributed by atoms with van der Waals surface area (Å²) < 4.78 is 0. The number of benzene rings is 1. The van der Waals surface area contributed by atoms with Crippen LogP contribution in [-0.2, 0) is 4.79 Å². The Bertz CT molecular complexity index is 468. The molecule has 2 heteroatoms. The lowest BCUT2D eigenvalue weighted by atomic mass is 9.68. The smallest absolute Gasteiger partial charge is 0.309 e. The molecule has 1 aromatic rings. The fraction of sp³-hybridized carbons (Fsp3) is 0.526. The molecule has 0 heterocycles. The maximum atomic E-state index is 11.7. The predicted octanol–water partition coefficient (Wildman–Crippen LogP) is 5.15. The summed E-state index contributed by atoms with van der Waals surface area (Å²) in [7, 11) is 0. The van der Waals surface area contributed by atoms with Gasteiger partial charge in [0.1, 0.15) is 0 Å². The summed E-state index contributed by atoms with van der Waals surface area (Å²) >= 11 is 0. The van der Waals surface area contributed by atoms with Gasteiger partial charge in [-0.1, -0.05) is 62.2 Å². The van der Waals surface area contributed by atoms with E-state index in [1.54, 1.807) is 0 Å². The summed E-state index contributed by atoms with van der Waals surface area (Å²) in [6.45, 7) is 2.21. The highest BCUT2D eigenvalue weighted by molar-refractivity contribution is 5.75. The average molecular weight is 286 g/mol. The third-order valence-electron chi connectivity index (χ3n) is 4.83. The number of aliphatic carboxylic acids is 1. The van der Waals surface area contributed by atoms with Crippen LogP contribution in [0.25, 0.3) is 6.08 Å². The van der Waals surface area contributed by atoms with Gasteiger partial charge in [-0.2, -0.15) is 0 Å². The number of hydrogen-bond donors (Lipinski definition) is 1. The summed E-state index contributed by atoms with van der Waals surface area (Å²) in [4.78, 5) is 11.7. The van der Waals surface area contributed by atoms with Crippen molar-refractivity contribution in [3.05, 3.63) is 42.0 Å². The maximum absolute atomic E-state index is 11.7. The molecule has 0 aromatic heterocycles. The third-order valence-corrected chi connectivity index (χ3v) is 4.83. The molecule has 2 nitrogen and oxygen atoms in total. The second kappa shape index (κ2) is 7.44. The van der Waals surface area contributed by atoms with Crippen molar-refractivity contribution < 1.29 is 9.90 Å². The van der Waals surface area contributed by atoms with E-state index in [1.165, 1.54) is 12.8 Å². The van der Waals surface area contributed by atoms with Gasteiger partial charge in [0.15, 0.2) is 0 Å². The Morgan fingerprint density at radius 3 is 2.52 bits per heavy atom. The second-order valence-electron chi connectivity index (χ2n) is 6.33. The van der Waals surface area contributed by atoms with Crippen molar-refractivity contribution >= 4 is 12.0 Å². The van der Waals surface area contributed by atoms with E-state index in [1.807, 2.05) is 42.5 Å². The minimum absolute atomic E-state index is 0.532.